The van der Waals surface area contributed by atoms with Gasteiger partial charge in [0.2, 0.25) is 5.91 Å². The first-order chi connectivity index (χ1) is 45.3. The Kier molecular flexibility index (Phi) is 50.8. The van der Waals surface area contributed by atoms with Gasteiger partial charge in [0.05, 0.1) is 38.6 Å². The van der Waals surface area contributed by atoms with Gasteiger partial charge >= 0.3 is 0 Å². The Morgan fingerprint density at radius 1 is 0.376 bits per heavy atom. The van der Waals surface area contributed by atoms with Crippen LogP contribution in [0.25, 0.3) is 0 Å². The summed E-state index contributed by atoms with van der Waals surface area (Å²) in [6, 6.07) is -0.996. The molecule has 0 saturated carbocycles. The smallest absolute Gasteiger partial charge is 0.220 e. The number of hydrogen-bond donors (Lipinski definition) is 12. The van der Waals surface area contributed by atoms with E-state index in [2.05, 4.69) is 55.6 Å². The summed E-state index contributed by atoms with van der Waals surface area (Å²) in [4.78, 5) is 13.4. The first kappa shape index (κ1) is 85.0. The van der Waals surface area contributed by atoms with Crippen molar-refractivity contribution in [1.29, 1.82) is 0 Å². The van der Waals surface area contributed by atoms with Crippen LogP contribution in [0.15, 0.2) is 48.6 Å². The Bertz CT molecular complexity index is 1870. The Balaban J connectivity index is 1.35. The summed E-state index contributed by atoms with van der Waals surface area (Å²) in [5.74, 6) is -0.286. The Hall–Kier alpha value is -2.25. The fourth-order valence-electron chi connectivity index (χ4n) is 12.5. The fourth-order valence-corrected chi connectivity index (χ4v) is 12.5. The SMILES string of the molecule is CCCCCCC/C=C/CC/C=C/CC/C=C/C(O)C(COC1OC(CO)C(OC2OC(CO)C(OC3OC(CO)C(O)C(O)C3O)C(O)C2O)C(O)C1O)NC(=O)CCCCCCCCCCCCCCCCCCCCCCC/C=C\CCCCCCCCCC. The lowest BCUT2D eigenvalue weighted by molar-refractivity contribution is -0.379. The molecule has 3 aliphatic heterocycles. The third-order valence-electron chi connectivity index (χ3n) is 18.6. The number of carbonyl (C=O) groups is 1. The second-order valence-corrected chi connectivity index (χ2v) is 26.7. The van der Waals surface area contributed by atoms with E-state index in [-0.39, 0.29) is 18.9 Å². The van der Waals surface area contributed by atoms with Crippen molar-refractivity contribution in [2.75, 3.05) is 26.4 Å². The molecule has 19 nitrogen and oxygen atoms in total. The van der Waals surface area contributed by atoms with Gasteiger partial charge in [-0.2, -0.15) is 0 Å². The number of ether oxygens (including phenoxy) is 6. The maximum absolute atomic E-state index is 13.4. The van der Waals surface area contributed by atoms with Crippen molar-refractivity contribution in [3.63, 3.8) is 0 Å². The fraction of sp³-hybridized carbons (Fsp3) is 0.878. The molecule has 3 fully saturated rings. The molecule has 1 amide bonds. The van der Waals surface area contributed by atoms with E-state index in [0.29, 0.717) is 12.8 Å². The van der Waals surface area contributed by atoms with E-state index in [0.717, 1.165) is 44.9 Å². The molecule has 544 valence electrons. The molecule has 3 aliphatic rings. The largest absolute Gasteiger partial charge is 0.394 e. The van der Waals surface area contributed by atoms with Crippen LogP contribution in [0.5, 0.6) is 0 Å². The van der Waals surface area contributed by atoms with E-state index in [4.69, 9.17) is 28.4 Å². The van der Waals surface area contributed by atoms with E-state index in [9.17, 15) is 61.0 Å². The minimum Gasteiger partial charge on any atom is -0.394 e. The van der Waals surface area contributed by atoms with Gasteiger partial charge in [0.25, 0.3) is 0 Å². The molecule has 3 rings (SSSR count). The van der Waals surface area contributed by atoms with Crippen LogP contribution in [-0.4, -0.2) is 193 Å². The van der Waals surface area contributed by atoms with Crippen molar-refractivity contribution in [3.05, 3.63) is 48.6 Å². The number of aliphatic hydroxyl groups excluding tert-OH is 11. The number of carbonyl (C=O) groups excluding carboxylic acids is 1. The van der Waals surface area contributed by atoms with Crippen LogP contribution in [0, 0.1) is 0 Å². The van der Waals surface area contributed by atoms with Crippen LogP contribution in [0.1, 0.15) is 284 Å². The summed E-state index contributed by atoms with van der Waals surface area (Å²) in [6.07, 6.45) is 41.2. The maximum Gasteiger partial charge on any atom is 0.220 e. The minimum absolute atomic E-state index is 0.234. The molecular weight excluding hydrogens is 1190 g/mol. The topological polar surface area (TPSA) is 307 Å². The van der Waals surface area contributed by atoms with Crippen molar-refractivity contribution < 1.29 is 89.4 Å². The lowest BCUT2D eigenvalue weighted by atomic mass is 9.96. The number of unbranched alkanes of at least 4 members (excludes halogenated alkanes) is 36. The second kappa shape index (κ2) is 55.6. The molecule has 3 saturated heterocycles. The molecule has 0 aliphatic carbocycles. The quantitative estimate of drug-likeness (QED) is 0.0199. The van der Waals surface area contributed by atoms with Crippen molar-refractivity contribution >= 4 is 5.91 Å². The van der Waals surface area contributed by atoms with Crippen molar-refractivity contribution in [2.24, 2.45) is 0 Å². The van der Waals surface area contributed by atoms with Gasteiger partial charge in [0, 0.05) is 6.42 Å². The summed E-state index contributed by atoms with van der Waals surface area (Å²) in [7, 11) is 0. The van der Waals surface area contributed by atoms with E-state index < -0.39 is 124 Å². The lowest BCUT2D eigenvalue weighted by Gasteiger charge is -2.48. The molecule has 0 aromatic carbocycles. The van der Waals surface area contributed by atoms with Crippen LogP contribution < -0.4 is 5.32 Å². The second-order valence-electron chi connectivity index (χ2n) is 26.7. The Morgan fingerprint density at radius 3 is 1.08 bits per heavy atom. The average molecular weight is 1330 g/mol. The summed E-state index contributed by atoms with van der Waals surface area (Å²) in [5, 5.41) is 120. The molecule has 12 N–H and O–H groups in total. The monoisotopic (exact) mass is 1330 g/mol. The molecule has 0 radical (unpaired) electrons. The highest BCUT2D eigenvalue weighted by molar-refractivity contribution is 5.76. The molecule has 19 heteroatoms. The molecule has 0 aromatic heterocycles. The zero-order valence-corrected chi connectivity index (χ0v) is 57.7. The number of nitrogens with one attached hydrogen (secondary N) is 1. The van der Waals surface area contributed by atoms with E-state index in [1.54, 1.807) is 6.08 Å². The van der Waals surface area contributed by atoms with Gasteiger partial charge in [-0.05, 0) is 70.6 Å². The average Bonchev–Trinajstić information content (AvgIpc) is 1.01. The number of amides is 1. The highest BCUT2D eigenvalue weighted by atomic mass is 16.8. The number of aliphatic hydroxyl groups is 11. The Labute approximate surface area is 561 Å². The zero-order valence-electron chi connectivity index (χ0n) is 57.7. The van der Waals surface area contributed by atoms with Gasteiger partial charge in [0.15, 0.2) is 18.9 Å². The Morgan fingerprint density at radius 2 is 0.688 bits per heavy atom. The van der Waals surface area contributed by atoms with Crippen molar-refractivity contribution in [2.45, 2.75) is 388 Å². The van der Waals surface area contributed by atoms with Gasteiger partial charge in [-0.25, -0.2) is 0 Å². The first-order valence-electron chi connectivity index (χ1n) is 37.4. The molecule has 3 heterocycles. The van der Waals surface area contributed by atoms with Crippen LogP contribution >= 0.6 is 0 Å². The normalized spacial score (nSPS) is 27.8. The van der Waals surface area contributed by atoms with Crippen molar-refractivity contribution in [1.82, 2.24) is 5.32 Å². The van der Waals surface area contributed by atoms with Gasteiger partial charge in [-0.15, -0.1) is 0 Å². The summed E-state index contributed by atoms with van der Waals surface area (Å²) in [6.45, 7) is 1.71. The van der Waals surface area contributed by atoms with Crippen LogP contribution in [0.4, 0.5) is 0 Å². The van der Waals surface area contributed by atoms with Crippen LogP contribution in [-0.2, 0) is 33.2 Å². The van der Waals surface area contributed by atoms with Gasteiger partial charge in [0.1, 0.15) is 73.2 Å². The highest BCUT2D eigenvalue weighted by Crippen LogP contribution is 2.33. The lowest BCUT2D eigenvalue weighted by Crippen LogP contribution is -2.66. The summed E-state index contributed by atoms with van der Waals surface area (Å²) >= 11 is 0. The third-order valence-corrected chi connectivity index (χ3v) is 18.6. The molecule has 0 spiro atoms. The summed E-state index contributed by atoms with van der Waals surface area (Å²) in [5.41, 5.74) is 0. The van der Waals surface area contributed by atoms with Gasteiger partial charge in [-0.3, -0.25) is 4.79 Å². The number of allylic oxidation sites excluding steroid dienone is 7. The standard InChI is InChI=1S/C74H135NO18/c1-3-5-7-9-11-13-15-17-19-20-21-22-23-24-25-26-27-28-29-30-31-32-33-34-35-36-38-40-42-44-46-48-50-52-62(80)75-57(58(79)51-49-47-45-43-41-39-37-18-16-14-12-10-8-6-4-2)56-88-72-68(86)65(83)70(60(54-77)90-72)93-74-69(87)66(84)71(61(55-78)91-74)92-73-67(85)64(82)63(81)59(53-76)89-73/h16,18,20-21,41,43,49,51,57-61,63-74,76-79,81-87H,3-15,17,19,22-40,42,44-48,50,52-56H2,1-2H3,(H,75,80)/b18-16+,21-20-,43-41+,51-49+. The minimum atomic E-state index is -1.98. The maximum atomic E-state index is 13.4. The molecule has 0 bridgehead atoms. The van der Waals surface area contributed by atoms with E-state index in [1.165, 1.54) is 205 Å². The molecule has 17 atom stereocenters. The molecule has 93 heavy (non-hydrogen) atoms. The van der Waals surface area contributed by atoms with E-state index >= 15 is 0 Å². The van der Waals surface area contributed by atoms with Crippen molar-refractivity contribution in [3.8, 4) is 0 Å². The van der Waals surface area contributed by atoms with Crippen LogP contribution in [0.3, 0.4) is 0 Å². The predicted octanol–water partition coefficient (Wildman–Crippen LogP) is 10.9. The molecule has 0 aromatic rings. The predicted molar refractivity (Wildman–Crippen MR) is 365 cm³/mol. The zero-order chi connectivity index (χ0) is 67.5. The number of rotatable bonds is 58. The molecular formula is C74H135NO18. The summed E-state index contributed by atoms with van der Waals surface area (Å²) < 4.78 is 34.3. The van der Waals surface area contributed by atoms with E-state index in [1.807, 2.05) is 6.08 Å². The molecule has 17 unspecified atom stereocenters. The van der Waals surface area contributed by atoms with Crippen LogP contribution in [0.2, 0.25) is 0 Å². The van der Waals surface area contributed by atoms with Gasteiger partial charge < -0.3 is 89.9 Å². The first-order valence-corrected chi connectivity index (χ1v) is 37.4. The highest BCUT2D eigenvalue weighted by Gasteiger charge is 2.53. The number of hydrogen-bond acceptors (Lipinski definition) is 18. The third kappa shape index (κ3) is 37.0. The van der Waals surface area contributed by atoms with Gasteiger partial charge in [-0.1, -0.05) is 255 Å².